The minimum atomic E-state index is -4.07. The summed E-state index contributed by atoms with van der Waals surface area (Å²) in [5, 5.41) is 11.0. The largest absolute Gasteiger partial charge is 0.300 e. The van der Waals surface area contributed by atoms with Crippen molar-refractivity contribution in [2.45, 2.75) is 17.3 Å². The van der Waals surface area contributed by atoms with Gasteiger partial charge < -0.3 is 0 Å². The molecule has 3 aromatic rings. The van der Waals surface area contributed by atoms with Gasteiger partial charge in [-0.15, -0.1) is 11.3 Å². The Balaban J connectivity index is 1.99. The Kier molecular flexibility index (Phi) is 6.09. The minimum absolute atomic E-state index is 0.0270. The summed E-state index contributed by atoms with van der Waals surface area (Å²) < 4.78 is 40.3. The quantitative estimate of drug-likeness (QED) is 0.389. The van der Waals surface area contributed by atoms with Crippen LogP contribution in [0.2, 0.25) is 4.34 Å². The third-order valence-electron chi connectivity index (χ3n) is 3.91. The monoisotopic (exact) mass is 440 g/mol. The van der Waals surface area contributed by atoms with E-state index in [0.717, 1.165) is 11.6 Å². The zero-order valence-corrected chi connectivity index (χ0v) is 16.7. The van der Waals surface area contributed by atoms with Crippen molar-refractivity contribution in [2.24, 2.45) is 0 Å². The zero-order valence-electron chi connectivity index (χ0n) is 14.3. The molecule has 0 aliphatic carbocycles. The molecule has 0 aliphatic heterocycles. The van der Waals surface area contributed by atoms with Gasteiger partial charge in [-0.05, 0) is 23.3 Å². The van der Waals surface area contributed by atoms with Crippen LogP contribution >= 0.6 is 22.9 Å². The highest BCUT2D eigenvalue weighted by molar-refractivity contribution is 7.91. The van der Waals surface area contributed by atoms with E-state index in [0.29, 0.717) is 16.9 Å². The zero-order chi connectivity index (χ0) is 20.3. The summed E-state index contributed by atoms with van der Waals surface area (Å²) in [6, 6.07) is 15.4. The van der Waals surface area contributed by atoms with Crippen LogP contribution in [0, 0.1) is 15.9 Å². The van der Waals surface area contributed by atoms with Gasteiger partial charge in [-0.25, -0.2) is 12.8 Å². The van der Waals surface area contributed by atoms with E-state index < -0.39 is 26.5 Å². The first-order chi connectivity index (χ1) is 13.3. The van der Waals surface area contributed by atoms with Crippen LogP contribution in [-0.4, -0.2) is 17.6 Å². The molecule has 0 unspecified atom stereocenters. The Morgan fingerprint density at radius 3 is 2.14 bits per heavy atom. The molecule has 0 amide bonds. The molecule has 3 rings (SSSR count). The Morgan fingerprint density at radius 2 is 1.61 bits per heavy atom. The van der Waals surface area contributed by atoms with Crippen LogP contribution in [0.15, 0.2) is 64.9 Å². The summed E-state index contributed by atoms with van der Waals surface area (Å²) in [4.78, 5) is 10.3. The number of rotatable bonds is 7. The second-order valence-corrected chi connectivity index (χ2v) is 9.69. The van der Waals surface area contributed by atoms with Gasteiger partial charge in [0.2, 0.25) is 0 Å². The van der Waals surface area contributed by atoms with Crippen LogP contribution in [0.4, 0.5) is 10.1 Å². The molecule has 0 fully saturated rings. The molecule has 0 atom stereocenters. The van der Waals surface area contributed by atoms with Crippen molar-refractivity contribution in [1.29, 1.82) is 0 Å². The number of benzene rings is 2. The molecule has 146 valence electrons. The Morgan fingerprint density at radius 1 is 1.04 bits per heavy atom. The number of nitrogens with zero attached hydrogens (tertiary/aromatic N) is 2. The van der Waals surface area contributed by atoms with Gasteiger partial charge in [0.25, 0.3) is 15.7 Å². The van der Waals surface area contributed by atoms with E-state index in [1.54, 1.807) is 24.3 Å². The number of hydrogen-bond acceptors (Lipinski definition) is 5. The van der Waals surface area contributed by atoms with Gasteiger partial charge in [0.15, 0.2) is 4.34 Å². The number of hydrogen-bond donors (Lipinski definition) is 0. The number of halogens is 2. The lowest BCUT2D eigenvalue weighted by Gasteiger charge is -2.21. The van der Waals surface area contributed by atoms with E-state index in [9.17, 15) is 22.9 Å². The maximum Gasteiger partial charge on any atom is 0.300 e. The molecule has 0 saturated heterocycles. The van der Waals surface area contributed by atoms with Crippen LogP contribution in [0.1, 0.15) is 11.1 Å². The molecule has 10 heteroatoms. The molecule has 0 spiro atoms. The fraction of sp³-hybridized carbons (Fsp3) is 0.111. The molecular weight excluding hydrogens is 427 g/mol. The maximum atomic E-state index is 13.2. The summed E-state index contributed by atoms with van der Waals surface area (Å²) >= 11 is 6.48. The van der Waals surface area contributed by atoms with Crippen LogP contribution in [0.3, 0.4) is 0 Å². The van der Waals surface area contributed by atoms with E-state index in [4.69, 9.17) is 11.6 Å². The molecule has 2 aromatic carbocycles. The van der Waals surface area contributed by atoms with Crippen molar-refractivity contribution in [3.63, 3.8) is 0 Å². The summed E-state index contributed by atoms with van der Waals surface area (Å²) in [6.45, 7) is 0.0185. The van der Waals surface area contributed by atoms with Crippen molar-refractivity contribution < 1.29 is 17.7 Å². The lowest BCUT2D eigenvalue weighted by atomic mass is 10.2. The lowest BCUT2D eigenvalue weighted by Crippen LogP contribution is -2.29. The predicted octanol–water partition coefficient (Wildman–Crippen LogP) is 4.84. The molecule has 0 aliphatic rings. The van der Waals surface area contributed by atoms with Gasteiger partial charge in [-0.2, -0.15) is 4.31 Å². The summed E-state index contributed by atoms with van der Waals surface area (Å²) in [7, 11) is -4.07. The van der Waals surface area contributed by atoms with Crippen molar-refractivity contribution in [1.82, 2.24) is 4.31 Å². The normalized spacial score (nSPS) is 11.7. The van der Waals surface area contributed by atoms with E-state index in [2.05, 4.69) is 0 Å². The molecule has 0 bridgehead atoms. The molecule has 0 N–H and O–H groups in total. The molecule has 28 heavy (non-hydrogen) atoms. The van der Waals surface area contributed by atoms with Gasteiger partial charge >= 0.3 is 0 Å². The highest BCUT2D eigenvalue weighted by atomic mass is 35.5. The van der Waals surface area contributed by atoms with E-state index in [1.807, 2.05) is 6.07 Å². The Bertz CT molecular complexity index is 1090. The molecule has 0 saturated carbocycles. The molecule has 6 nitrogen and oxygen atoms in total. The van der Waals surface area contributed by atoms with Crippen LogP contribution in [0.5, 0.6) is 0 Å². The third kappa shape index (κ3) is 4.56. The first kappa shape index (κ1) is 20.4. The number of nitro groups is 1. The molecular formula is C18H14ClFN2O4S2. The Labute approximate surface area is 170 Å². The standard InChI is InChI=1S/C18H14ClFN2O4S2/c19-18-16(22(23)24)10-17(27-18)28(25,26)21(11-13-4-2-1-3-5-13)12-14-6-8-15(20)9-7-14/h1-10H,11-12H2. The van der Waals surface area contributed by atoms with E-state index in [-0.39, 0.29) is 21.6 Å². The topological polar surface area (TPSA) is 80.5 Å². The Hall–Kier alpha value is -2.33. The summed E-state index contributed by atoms with van der Waals surface area (Å²) in [5.41, 5.74) is 0.870. The second-order valence-electron chi connectivity index (χ2n) is 5.87. The SMILES string of the molecule is O=[N+]([O-])c1cc(S(=O)(=O)N(Cc2ccccc2)Cc2ccc(F)cc2)sc1Cl. The average molecular weight is 441 g/mol. The first-order valence-electron chi connectivity index (χ1n) is 7.99. The predicted molar refractivity (Wildman–Crippen MR) is 105 cm³/mol. The minimum Gasteiger partial charge on any atom is -0.258 e. The van der Waals surface area contributed by atoms with Gasteiger partial charge in [0.05, 0.1) is 4.92 Å². The van der Waals surface area contributed by atoms with Crippen molar-refractivity contribution in [2.75, 3.05) is 0 Å². The fourth-order valence-electron chi connectivity index (χ4n) is 2.52. The van der Waals surface area contributed by atoms with Crippen LogP contribution in [-0.2, 0) is 23.1 Å². The van der Waals surface area contributed by atoms with Crippen molar-refractivity contribution in [3.05, 3.63) is 92.1 Å². The van der Waals surface area contributed by atoms with Crippen molar-refractivity contribution in [3.8, 4) is 0 Å². The summed E-state index contributed by atoms with van der Waals surface area (Å²) in [6.07, 6.45) is 0. The number of thiophene rings is 1. The fourth-order valence-corrected chi connectivity index (χ4v) is 5.76. The van der Waals surface area contributed by atoms with Gasteiger partial charge in [-0.3, -0.25) is 10.1 Å². The van der Waals surface area contributed by atoms with E-state index >= 15 is 0 Å². The van der Waals surface area contributed by atoms with Gasteiger partial charge in [0.1, 0.15) is 10.0 Å². The molecule has 1 heterocycles. The molecule has 1 aromatic heterocycles. The first-order valence-corrected chi connectivity index (χ1v) is 10.6. The maximum absolute atomic E-state index is 13.2. The number of sulfonamides is 1. The van der Waals surface area contributed by atoms with Gasteiger partial charge in [0, 0.05) is 19.2 Å². The van der Waals surface area contributed by atoms with Gasteiger partial charge in [-0.1, -0.05) is 54.1 Å². The van der Waals surface area contributed by atoms with E-state index in [1.165, 1.54) is 28.6 Å². The smallest absolute Gasteiger partial charge is 0.258 e. The lowest BCUT2D eigenvalue weighted by molar-refractivity contribution is -0.384. The highest BCUT2D eigenvalue weighted by Crippen LogP contribution is 2.38. The van der Waals surface area contributed by atoms with Crippen molar-refractivity contribution >= 4 is 38.6 Å². The highest BCUT2D eigenvalue weighted by Gasteiger charge is 2.31. The van der Waals surface area contributed by atoms with Crippen LogP contribution < -0.4 is 0 Å². The summed E-state index contributed by atoms with van der Waals surface area (Å²) in [5.74, 6) is -0.429. The average Bonchev–Trinajstić information content (AvgIpc) is 3.07. The third-order valence-corrected chi connectivity index (χ3v) is 7.49. The molecule has 0 radical (unpaired) electrons. The van der Waals surface area contributed by atoms with Crippen LogP contribution in [0.25, 0.3) is 0 Å². The second kappa shape index (κ2) is 8.36.